The lowest BCUT2D eigenvalue weighted by molar-refractivity contribution is -0.272. The van der Waals surface area contributed by atoms with Gasteiger partial charge in [-0.3, -0.25) is 4.79 Å². The molecule has 1 saturated heterocycles. The van der Waals surface area contributed by atoms with Gasteiger partial charge in [-0.2, -0.15) is 0 Å². The van der Waals surface area contributed by atoms with Gasteiger partial charge in [0.05, 0.1) is 6.61 Å². The molecule has 194 valence electrons. The highest BCUT2D eigenvalue weighted by Gasteiger charge is 2.50. The van der Waals surface area contributed by atoms with Gasteiger partial charge in [0, 0.05) is 5.56 Å². The molecule has 0 radical (unpaired) electrons. The van der Waals surface area contributed by atoms with Crippen molar-refractivity contribution < 1.29 is 33.3 Å². The molecule has 0 spiro atoms. The van der Waals surface area contributed by atoms with Gasteiger partial charge < -0.3 is 28.5 Å². The zero-order valence-electron chi connectivity index (χ0n) is 22.0. The van der Waals surface area contributed by atoms with Crippen LogP contribution in [0.1, 0.15) is 51.9 Å². The maximum Gasteiger partial charge on any atom is 0.228 e. The number of hydrogen-bond donors (Lipinski definition) is 2. The van der Waals surface area contributed by atoms with Crippen LogP contribution in [0, 0.1) is 0 Å². The van der Waals surface area contributed by atoms with E-state index in [0.717, 1.165) is 24.4 Å². The minimum atomic E-state index is -2.15. The lowest BCUT2D eigenvalue weighted by Gasteiger charge is -2.46. The van der Waals surface area contributed by atoms with Gasteiger partial charge in [-0.25, -0.2) is 0 Å². The maximum atomic E-state index is 11.2. The first kappa shape index (κ1) is 29.2. The summed E-state index contributed by atoms with van der Waals surface area (Å²) in [6.07, 6.45) is -4.10. The van der Waals surface area contributed by atoms with Gasteiger partial charge in [0.25, 0.3) is 0 Å². The van der Waals surface area contributed by atoms with Gasteiger partial charge in [-0.1, -0.05) is 41.5 Å². The summed E-state index contributed by atoms with van der Waals surface area (Å²) in [5.41, 5.74) is 0.537. The van der Waals surface area contributed by atoms with Crippen LogP contribution in [-0.2, 0) is 13.6 Å². The first-order valence-electron chi connectivity index (χ1n) is 12.4. The van der Waals surface area contributed by atoms with Gasteiger partial charge in [-0.05, 0) is 60.5 Å². The molecule has 5 atom stereocenters. The van der Waals surface area contributed by atoms with Crippen LogP contribution in [0.3, 0.4) is 0 Å². The SMILES string of the molecule is CC[Si](CC)(CC)O[C@H]1[C@H](Oc2ccc(C=O)cc2)O[C@H](CO[Si](C)(C)C(C)(C)C)[C@@H](O)[C@H]1O. The molecule has 0 saturated carbocycles. The van der Waals surface area contributed by atoms with E-state index < -0.39 is 47.3 Å². The van der Waals surface area contributed by atoms with Gasteiger partial charge in [0.15, 0.2) is 16.6 Å². The minimum absolute atomic E-state index is 0.00168. The van der Waals surface area contributed by atoms with Crippen molar-refractivity contribution in [1.29, 1.82) is 0 Å². The molecule has 1 aromatic carbocycles. The molecular weight excluding hydrogens is 468 g/mol. The molecule has 9 heteroatoms. The van der Waals surface area contributed by atoms with Crippen LogP contribution < -0.4 is 4.74 Å². The predicted octanol–water partition coefficient (Wildman–Crippen LogP) is 4.74. The van der Waals surface area contributed by atoms with Crippen molar-refractivity contribution in [2.45, 2.75) is 109 Å². The van der Waals surface area contributed by atoms with Crippen molar-refractivity contribution in [3.63, 3.8) is 0 Å². The number of carbonyl (C=O) groups is 1. The van der Waals surface area contributed by atoms with E-state index in [-0.39, 0.29) is 11.6 Å². The van der Waals surface area contributed by atoms with Crippen molar-refractivity contribution in [3.05, 3.63) is 29.8 Å². The average molecular weight is 513 g/mol. The third kappa shape index (κ3) is 6.78. The number of ether oxygens (including phenoxy) is 2. The normalized spacial score (nSPS) is 26.4. The number of aliphatic hydroxyl groups excluding tert-OH is 2. The molecule has 2 N–H and O–H groups in total. The second-order valence-electron chi connectivity index (χ2n) is 10.7. The Balaban J connectivity index is 2.30. The van der Waals surface area contributed by atoms with E-state index in [1.807, 2.05) is 0 Å². The second-order valence-corrected chi connectivity index (χ2v) is 20.3. The van der Waals surface area contributed by atoms with Crippen LogP contribution in [0.15, 0.2) is 24.3 Å². The largest absolute Gasteiger partial charge is 0.462 e. The van der Waals surface area contributed by atoms with E-state index in [2.05, 4.69) is 54.6 Å². The lowest BCUT2D eigenvalue weighted by Crippen LogP contribution is -2.64. The van der Waals surface area contributed by atoms with Crippen LogP contribution in [0.25, 0.3) is 0 Å². The van der Waals surface area contributed by atoms with Crippen LogP contribution in [0.4, 0.5) is 0 Å². The summed E-state index contributed by atoms with van der Waals surface area (Å²) >= 11 is 0. The molecule has 0 aliphatic carbocycles. The lowest BCUT2D eigenvalue weighted by atomic mass is 9.99. The Morgan fingerprint density at radius 1 is 1.00 bits per heavy atom. The van der Waals surface area contributed by atoms with E-state index in [1.165, 1.54) is 0 Å². The summed E-state index contributed by atoms with van der Waals surface area (Å²) in [5, 5.41) is 22.2. The first-order valence-corrected chi connectivity index (χ1v) is 17.8. The van der Waals surface area contributed by atoms with Gasteiger partial charge >= 0.3 is 0 Å². The Kier molecular flexibility index (Phi) is 10.1. The highest BCUT2D eigenvalue weighted by atomic mass is 28.4. The molecule has 0 bridgehead atoms. The highest BCUT2D eigenvalue weighted by Crippen LogP contribution is 2.38. The molecule has 0 amide bonds. The van der Waals surface area contributed by atoms with Crippen molar-refractivity contribution in [2.24, 2.45) is 0 Å². The summed E-state index contributed by atoms with van der Waals surface area (Å²) in [6, 6.07) is 9.36. The molecule has 1 aliphatic rings. The minimum Gasteiger partial charge on any atom is -0.462 e. The number of aldehydes is 1. The Hall–Kier alpha value is -1.08. The van der Waals surface area contributed by atoms with Crippen molar-refractivity contribution in [3.8, 4) is 5.75 Å². The number of benzene rings is 1. The predicted molar refractivity (Wildman–Crippen MR) is 138 cm³/mol. The molecule has 34 heavy (non-hydrogen) atoms. The fourth-order valence-electron chi connectivity index (χ4n) is 3.82. The summed E-state index contributed by atoms with van der Waals surface area (Å²) in [7, 11) is -4.24. The fourth-order valence-corrected chi connectivity index (χ4v) is 7.66. The molecular formula is C25H44O7Si2. The summed E-state index contributed by atoms with van der Waals surface area (Å²) in [4.78, 5) is 11.0. The fraction of sp³-hybridized carbons (Fsp3) is 0.720. The maximum absolute atomic E-state index is 11.2. The van der Waals surface area contributed by atoms with E-state index in [1.54, 1.807) is 24.3 Å². The van der Waals surface area contributed by atoms with Gasteiger partial charge in [-0.15, -0.1) is 0 Å². The van der Waals surface area contributed by atoms with Crippen molar-refractivity contribution in [1.82, 2.24) is 0 Å². The molecule has 1 heterocycles. The van der Waals surface area contributed by atoms with Crippen LogP contribution in [0.5, 0.6) is 5.75 Å². The molecule has 7 nitrogen and oxygen atoms in total. The molecule has 1 fully saturated rings. The molecule has 2 rings (SSSR count). The Morgan fingerprint density at radius 3 is 2.03 bits per heavy atom. The van der Waals surface area contributed by atoms with Gasteiger partial charge in [0.2, 0.25) is 6.29 Å². The van der Waals surface area contributed by atoms with E-state index in [4.69, 9.17) is 18.3 Å². The zero-order chi connectivity index (χ0) is 25.7. The number of carbonyl (C=O) groups excluding carboxylic acids is 1. The summed E-state index contributed by atoms with van der Waals surface area (Å²) in [6.45, 7) is 17.2. The van der Waals surface area contributed by atoms with Gasteiger partial charge in [0.1, 0.15) is 36.5 Å². The molecule has 0 unspecified atom stereocenters. The Bertz CT molecular complexity index is 764. The first-order chi connectivity index (χ1) is 15.8. The molecule has 0 aromatic heterocycles. The zero-order valence-corrected chi connectivity index (χ0v) is 24.0. The number of rotatable bonds is 11. The van der Waals surface area contributed by atoms with Crippen molar-refractivity contribution in [2.75, 3.05) is 6.61 Å². The highest BCUT2D eigenvalue weighted by molar-refractivity contribution is 6.74. The average Bonchev–Trinajstić information content (AvgIpc) is 2.80. The third-order valence-corrected chi connectivity index (χ3v) is 16.8. The quantitative estimate of drug-likeness (QED) is 0.327. The van der Waals surface area contributed by atoms with Crippen molar-refractivity contribution >= 4 is 22.9 Å². The molecule has 1 aromatic rings. The van der Waals surface area contributed by atoms with Crippen LogP contribution in [-0.4, -0.2) is 70.4 Å². The standard InChI is InChI=1S/C25H44O7Si2/c1-9-34(10-2,11-3)32-23-22(28)21(27)20(17-29-33(7,8)25(4,5)6)31-24(23)30-19-14-12-18(16-26)13-15-19/h12-16,20-24,27-28H,9-11,17H2,1-8H3/t20-,21-,22-,23-,24-/m1/s1. The van der Waals surface area contributed by atoms with Crippen LogP contribution >= 0.6 is 0 Å². The summed E-state index contributed by atoms with van der Waals surface area (Å²) < 4.78 is 25.2. The third-order valence-electron chi connectivity index (χ3n) is 7.65. The Morgan fingerprint density at radius 2 is 1.56 bits per heavy atom. The Labute approximate surface area is 207 Å². The van der Waals surface area contributed by atoms with E-state index in [9.17, 15) is 15.0 Å². The topological polar surface area (TPSA) is 94.5 Å². The second kappa shape index (κ2) is 11.8. The monoisotopic (exact) mass is 512 g/mol. The van der Waals surface area contributed by atoms with Crippen LogP contribution in [0.2, 0.25) is 36.3 Å². The number of hydrogen-bond acceptors (Lipinski definition) is 7. The number of aliphatic hydroxyl groups is 2. The smallest absolute Gasteiger partial charge is 0.228 e. The summed E-state index contributed by atoms with van der Waals surface area (Å²) in [5.74, 6) is 0.494. The van der Waals surface area contributed by atoms with E-state index in [0.29, 0.717) is 11.3 Å². The van der Waals surface area contributed by atoms with E-state index >= 15 is 0 Å². The molecule has 1 aliphatic heterocycles.